The molecule has 16 heavy (non-hydrogen) atoms. The number of benzene rings is 1. The minimum atomic E-state index is -0.806. The molecule has 0 saturated heterocycles. The second-order valence-electron chi connectivity index (χ2n) is 3.53. The number of carbonyl (C=O) groups is 1. The van der Waals surface area contributed by atoms with Crippen molar-refractivity contribution in [3.63, 3.8) is 0 Å². The lowest BCUT2D eigenvalue weighted by atomic mass is 10.2. The summed E-state index contributed by atoms with van der Waals surface area (Å²) in [5.41, 5.74) is 0.938. The molecule has 0 aromatic heterocycles. The Morgan fingerprint density at radius 2 is 2.06 bits per heavy atom. The molecule has 1 aromatic rings. The van der Waals surface area contributed by atoms with Crippen molar-refractivity contribution in [1.82, 2.24) is 5.32 Å². The van der Waals surface area contributed by atoms with Crippen LogP contribution in [-0.2, 0) is 4.79 Å². The molecule has 0 saturated carbocycles. The Morgan fingerprint density at radius 1 is 1.44 bits per heavy atom. The summed E-state index contributed by atoms with van der Waals surface area (Å²) in [6.45, 7) is 3.05. The lowest BCUT2D eigenvalue weighted by Crippen LogP contribution is -2.47. The number of nitrogens with one attached hydrogen (secondary N) is 1. The SMILES string of the molecule is CCN(c1ccccc1)C(CNC)C(=O)O. The number of rotatable bonds is 6. The fourth-order valence-electron chi connectivity index (χ4n) is 1.73. The van der Waals surface area contributed by atoms with Gasteiger partial charge in [-0.2, -0.15) is 0 Å². The third-order valence-electron chi connectivity index (χ3n) is 2.49. The molecule has 1 atom stereocenters. The number of likely N-dealkylation sites (N-methyl/N-ethyl adjacent to an activating group) is 2. The molecule has 4 nitrogen and oxygen atoms in total. The highest BCUT2D eigenvalue weighted by atomic mass is 16.4. The van der Waals surface area contributed by atoms with E-state index in [1.165, 1.54) is 0 Å². The molecule has 2 N–H and O–H groups in total. The molecule has 0 aliphatic carbocycles. The van der Waals surface area contributed by atoms with Gasteiger partial charge in [-0.15, -0.1) is 0 Å². The molecule has 0 spiro atoms. The Bertz CT molecular complexity index is 327. The predicted molar refractivity (Wildman–Crippen MR) is 64.8 cm³/mol. The Morgan fingerprint density at radius 3 is 2.50 bits per heavy atom. The average Bonchev–Trinajstić information content (AvgIpc) is 2.30. The monoisotopic (exact) mass is 222 g/mol. The van der Waals surface area contributed by atoms with Gasteiger partial charge in [-0.25, -0.2) is 4.79 Å². The summed E-state index contributed by atoms with van der Waals surface area (Å²) in [6.07, 6.45) is 0. The zero-order valence-electron chi connectivity index (χ0n) is 9.68. The standard InChI is InChI=1S/C12H18N2O2/c1-3-14(10-7-5-4-6-8-10)11(9-13-2)12(15)16/h4-8,11,13H,3,9H2,1-2H3,(H,15,16). The van der Waals surface area contributed by atoms with E-state index in [-0.39, 0.29) is 0 Å². The van der Waals surface area contributed by atoms with Crippen molar-refractivity contribution in [2.75, 3.05) is 25.0 Å². The molecule has 0 radical (unpaired) electrons. The summed E-state index contributed by atoms with van der Waals surface area (Å²) in [6, 6.07) is 9.07. The number of hydrogen-bond donors (Lipinski definition) is 2. The van der Waals surface area contributed by atoms with Gasteiger partial charge in [0.25, 0.3) is 0 Å². The van der Waals surface area contributed by atoms with E-state index in [4.69, 9.17) is 0 Å². The smallest absolute Gasteiger partial charge is 0.327 e. The van der Waals surface area contributed by atoms with E-state index in [0.717, 1.165) is 5.69 Å². The first-order valence-electron chi connectivity index (χ1n) is 5.39. The van der Waals surface area contributed by atoms with Crippen LogP contribution in [0.25, 0.3) is 0 Å². The zero-order valence-corrected chi connectivity index (χ0v) is 9.68. The number of hydrogen-bond acceptors (Lipinski definition) is 3. The Balaban J connectivity index is 2.91. The van der Waals surface area contributed by atoms with E-state index in [0.29, 0.717) is 13.1 Å². The molecule has 1 aromatic carbocycles. The fourth-order valence-corrected chi connectivity index (χ4v) is 1.73. The summed E-state index contributed by atoms with van der Waals surface area (Å²) in [5, 5.41) is 12.1. The van der Waals surface area contributed by atoms with Crippen LogP contribution in [-0.4, -0.2) is 37.3 Å². The molecular weight excluding hydrogens is 204 g/mol. The summed E-state index contributed by atoms with van der Waals surface area (Å²) < 4.78 is 0. The van der Waals surface area contributed by atoms with Crippen LogP contribution in [0.3, 0.4) is 0 Å². The van der Waals surface area contributed by atoms with E-state index in [2.05, 4.69) is 5.32 Å². The van der Waals surface area contributed by atoms with Crippen molar-refractivity contribution in [3.8, 4) is 0 Å². The van der Waals surface area contributed by atoms with Gasteiger partial charge in [-0.1, -0.05) is 18.2 Å². The molecule has 88 valence electrons. The third-order valence-corrected chi connectivity index (χ3v) is 2.49. The van der Waals surface area contributed by atoms with Crippen molar-refractivity contribution in [2.24, 2.45) is 0 Å². The molecule has 0 aliphatic rings. The van der Waals surface area contributed by atoms with Crippen LogP contribution in [0.1, 0.15) is 6.92 Å². The van der Waals surface area contributed by atoms with Crippen molar-refractivity contribution in [3.05, 3.63) is 30.3 Å². The van der Waals surface area contributed by atoms with Crippen LogP contribution in [0.2, 0.25) is 0 Å². The predicted octanol–water partition coefficient (Wildman–Crippen LogP) is 1.19. The maximum atomic E-state index is 11.2. The van der Waals surface area contributed by atoms with Crippen LogP contribution in [0.4, 0.5) is 5.69 Å². The quantitative estimate of drug-likeness (QED) is 0.759. The number of carboxylic acids is 1. The largest absolute Gasteiger partial charge is 0.480 e. The topological polar surface area (TPSA) is 52.6 Å². The van der Waals surface area contributed by atoms with Crippen LogP contribution < -0.4 is 10.2 Å². The highest BCUT2D eigenvalue weighted by Crippen LogP contribution is 2.16. The van der Waals surface area contributed by atoms with Crippen molar-refractivity contribution >= 4 is 11.7 Å². The van der Waals surface area contributed by atoms with E-state index >= 15 is 0 Å². The Kier molecular flexibility index (Phi) is 4.79. The Hall–Kier alpha value is -1.55. The number of anilines is 1. The van der Waals surface area contributed by atoms with Gasteiger partial charge in [0.15, 0.2) is 0 Å². The van der Waals surface area contributed by atoms with Gasteiger partial charge in [-0.3, -0.25) is 0 Å². The lowest BCUT2D eigenvalue weighted by Gasteiger charge is -2.29. The Labute approximate surface area is 95.9 Å². The number of aliphatic carboxylic acids is 1. The minimum absolute atomic E-state index is 0.429. The molecule has 0 bridgehead atoms. The molecule has 0 aliphatic heterocycles. The molecule has 0 amide bonds. The summed E-state index contributed by atoms with van der Waals surface area (Å²) in [5.74, 6) is -0.806. The van der Waals surface area contributed by atoms with Crippen molar-refractivity contribution < 1.29 is 9.90 Å². The zero-order chi connectivity index (χ0) is 12.0. The van der Waals surface area contributed by atoms with Crippen molar-refractivity contribution in [1.29, 1.82) is 0 Å². The van der Waals surface area contributed by atoms with Crippen LogP contribution >= 0.6 is 0 Å². The summed E-state index contributed by atoms with van der Waals surface area (Å²) in [4.78, 5) is 13.1. The van der Waals surface area contributed by atoms with Gasteiger partial charge in [0.05, 0.1) is 0 Å². The maximum Gasteiger partial charge on any atom is 0.327 e. The molecule has 0 heterocycles. The summed E-state index contributed by atoms with van der Waals surface area (Å²) >= 11 is 0. The van der Waals surface area contributed by atoms with Gasteiger partial charge in [0.2, 0.25) is 0 Å². The van der Waals surface area contributed by atoms with Crippen LogP contribution in [0.15, 0.2) is 30.3 Å². The highest BCUT2D eigenvalue weighted by Gasteiger charge is 2.23. The number of para-hydroxylation sites is 1. The highest BCUT2D eigenvalue weighted by molar-refractivity contribution is 5.78. The lowest BCUT2D eigenvalue weighted by molar-refractivity contribution is -0.138. The molecule has 0 fully saturated rings. The first-order chi connectivity index (χ1) is 7.70. The first-order valence-corrected chi connectivity index (χ1v) is 5.39. The van der Waals surface area contributed by atoms with E-state index in [9.17, 15) is 9.90 Å². The van der Waals surface area contributed by atoms with E-state index < -0.39 is 12.0 Å². The van der Waals surface area contributed by atoms with Crippen molar-refractivity contribution in [2.45, 2.75) is 13.0 Å². The fraction of sp³-hybridized carbons (Fsp3) is 0.417. The molecule has 1 rings (SSSR count). The minimum Gasteiger partial charge on any atom is -0.480 e. The van der Waals surface area contributed by atoms with Gasteiger partial charge < -0.3 is 15.3 Å². The third kappa shape index (κ3) is 2.97. The van der Waals surface area contributed by atoms with Gasteiger partial charge in [0.1, 0.15) is 6.04 Å². The summed E-state index contributed by atoms with van der Waals surface area (Å²) in [7, 11) is 1.76. The molecule has 4 heteroatoms. The van der Waals surface area contributed by atoms with Gasteiger partial charge in [0, 0.05) is 18.8 Å². The normalized spacial score (nSPS) is 12.1. The van der Waals surface area contributed by atoms with Crippen LogP contribution in [0.5, 0.6) is 0 Å². The second kappa shape index (κ2) is 6.12. The molecular formula is C12H18N2O2. The molecule has 1 unspecified atom stereocenters. The first kappa shape index (κ1) is 12.5. The van der Waals surface area contributed by atoms with E-state index in [1.54, 1.807) is 7.05 Å². The number of carboxylic acid groups (broad SMARTS) is 1. The van der Waals surface area contributed by atoms with E-state index in [1.807, 2.05) is 42.2 Å². The number of nitrogens with zero attached hydrogens (tertiary/aromatic N) is 1. The van der Waals surface area contributed by atoms with Gasteiger partial charge in [-0.05, 0) is 26.1 Å². The second-order valence-corrected chi connectivity index (χ2v) is 3.53. The maximum absolute atomic E-state index is 11.2. The van der Waals surface area contributed by atoms with Crippen LogP contribution in [0, 0.1) is 0 Å². The average molecular weight is 222 g/mol. The van der Waals surface area contributed by atoms with Gasteiger partial charge >= 0.3 is 5.97 Å².